The molecular weight excluding hydrogens is 135 g/mol. The third-order valence-corrected chi connectivity index (χ3v) is 1.18. The predicted molar refractivity (Wildman–Crippen MR) is 33.2 cm³/mol. The van der Waals surface area contributed by atoms with E-state index in [4.69, 9.17) is 4.74 Å². The summed E-state index contributed by atoms with van der Waals surface area (Å²) in [5.74, 6) is -0.396. The largest absolute Gasteiger partial charge is 0.479 e. The summed E-state index contributed by atoms with van der Waals surface area (Å²) in [6.45, 7) is 2.44. The van der Waals surface area contributed by atoms with E-state index in [2.05, 4.69) is 11.3 Å². The van der Waals surface area contributed by atoms with Crippen LogP contribution in [0.2, 0.25) is 0 Å². The van der Waals surface area contributed by atoms with E-state index in [9.17, 15) is 4.39 Å². The fourth-order valence-electron chi connectivity index (χ4n) is 0.720. The van der Waals surface area contributed by atoms with E-state index in [1.54, 1.807) is 0 Å². The summed E-state index contributed by atoms with van der Waals surface area (Å²) in [6, 6.07) is 0. The van der Waals surface area contributed by atoms with E-state index in [-0.39, 0.29) is 5.88 Å². The number of aromatic nitrogens is 2. The molecule has 1 aromatic rings. The van der Waals surface area contributed by atoms with Gasteiger partial charge >= 0.3 is 0 Å². The second-order valence-electron chi connectivity index (χ2n) is 1.75. The van der Waals surface area contributed by atoms with Crippen LogP contribution >= 0.6 is 0 Å². The molecule has 55 valence electrons. The van der Waals surface area contributed by atoms with Crippen molar-refractivity contribution in [3.8, 4) is 5.88 Å². The molecular formula is C6H8FN2O. The van der Waals surface area contributed by atoms with Crippen LogP contribution in [0.15, 0.2) is 0 Å². The van der Waals surface area contributed by atoms with Crippen LogP contribution in [0.5, 0.6) is 5.88 Å². The maximum absolute atomic E-state index is 12.5. The fourth-order valence-corrected chi connectivity index (χ4v) is 0.720. The number of hydrogen-bond donors (Lipinski definition) is 0. The quantitative estimate of drug-likeness (QED) is 0.613. The molecule has 1 radical (unpaired) electrons. The zero-order chi connectivity index (χ0) is 7.56. The zero-order valence-corrected chi connectivity index (χ0v) is 5.89. The van der Waals surface area contributed by atoms with E-state index in [1.807, 2.05) is 6.92 Å². The number of methoxy groups -OCH3 is 1. The van der Waals surface area contributed by atoms with Gasteiger partial charge in [0.15, 0.2) is 6.20 Å². The summed E-state index contributed by atoms with van der Waals surface area (Å²) < 4.78 is 18.6. The Kier molecular flexibility index (Phi) is 1.89. The maximum atomic E-state index is 12.5. The second kappa shape index (κ2) is 2.68. The standard InChI is InChI=1S/C6H8FN2O/c1-3-9-6(10-2)5(7)4-8-9/h3H2,1-2H3. The van der Waals surface area contributed by atoms with Crippen molar-refractivity contribution in [2.24, 2.45) is 0 Å². The summed E-state index contributed by atoms with van der Waals surface area (Å²) in [5, 5.41) is 3.60. The Morgan fingerprint density at radius 3 is 2.90 bits per heavy atom. The zero-order valence-electron chi connectivity index (χ0n) is 5.89. The van der Waals surface area contributed by atoms with Gasteiger partial charge in [-0.2, -0.15) is 9.49 Å². The molecule has 0 atom stereocenters. The molecule has 0 unspecified atom stereocenters. The lowest BCUT2D eigenvalue weighted by atomic mass is 10.6. The minimum atomic E-state index is -0.538. The number of nitrogens with zero attached hydrogens (tertiary/aromatic N) is 2. The van der Waals surface area contributed by atoms with Crippen molar-refractivity contribution in [1.29, 1.82) is 0 Å². The average Bonchev–Trinajstić information content (AvgIpc) is 2.30. The van der Waals surface area contributed by atoms with E-state index in [0.29, 0.717) is 6.54 Å². The Bertz CT molecular complexity index is 222. The normalized spacial score (nSPS) is 9.90. The molecule has 10 heavy (non-hydrogen) atoms. The van der Waals surface area contributed by atoms with E-state index >= 15 is 0 Å². The molecule has 0 fully saturated rings. The molecule has 4 heteroatoms. The molecule has 0 aromatic carbocycles. The van der Waals surface area contributed by atoms with Crippen LogP contribution in [0.25, 0.3) is 0 Å². The van der Waals surface area contributed by atoms with Gasteiger partial charge in [-0.15, -0.1) is 0 Å². The minimum Gasteiger partial charge on any atom is -0.479 e. The number of hydrogen-bond acceptors (Lipinski definition) is 2. The molecule has 1 aromatic heterocycles. The number of ether oxygens (including phenoxy) is 1. The Balaban J connectivity index is 3.01. The van der Waals surface area contributed by atoms with Gasteiger partial charge in [-0.05, 0) is 6.92 Å². The highest BCUT2D eigenvalue weighted by molar-refractivity contribution is 5.09. The smallest absolute Gasteiger partial charge is 0.249 e. The molecule has 3 nitrogen and oxygen atoms in total. The topological polar surface area (TPSA) is 27.1 Å². The molecule has 1 rings (SSSR count). The summed E-state index contributed by atoms with van der Waals surface area (Å²) in [5.41, 5.74) is 0. The first-order valence-electron chi connectivity index (χ1n) is 2.97. The molecule has 0 saturated heterocycles. The molecule has 0 bridgehead atoms. The van der Waals surface area contributed by atoms with Crippen molar-refractivity contribution >= 4 is 0 Å². The second-order valence-corrected chi connectivity index (χ2v) is 1.75. The Morgan fingerprint density at radius 2 is 2.50 bits per heavy atom. The molecule has 0 spiro atoms. The highest BCUT2D eigenvalue weighted by Crippen LogP contribution is 2.13. The van der Waals surface area contributed by atoms with Gasteiger partial charge in [0, 0.05) is 6.54 Å². The first-order chi connectivity index (χ1) is 4.79. The van der Waals surface area contributed by atoms with E-state index in [1.165, 1.54) is 11.8 Å². The van der Waals surface area contributed by atoms with Gasteiger partial charge in [-0.25, -0.2) is 4.68 Å². The highest BCUT2D eigenvalue weighted by atomic mass is 19.1. The molecule has 0 aliphatic heterocycles. The third-order valence-electron chi connectivity index (χ3n) is 1.18. The van der Waals surface area contributed by atoms with Crippen LogP contribution in [0, 0.1) is 12.0 Å². The van der Waals surface area contributed by atoms with Crippen molar-refractivity contribution in [2.45, 2.75) is 13.5 Å². The third kappa shape index (κ3) is 0.964. The van der Waals surface area contributed by atoms with Crippen LogP contribution in [-0.2, 0) is 6.54 Å². The lowest BCUT2D eigenvalue weighted by molar-refractivity contribution is 0.343. The Labute approximate surface area is 58.4 Å². The lowest BCUT2D eigenvalue weighted by Gasteiger charge is -2.00. The van der Waals surface area contributed by atoms with Crippen LogP contribution < -0.4 is 4.74 Å². The van der Waals surface area contributed by atoms with Gasteiger partial charge in [0.2, 0.25) is 11.7 Å². The first-order valence-corrected chi connectivity index (χ1v) is 2.97. The Hall–Kier alpha value is -1.06. The van der Waals surface area contributed by atoms with Crippen molar-refractivity contribution < 1.29 is 9.13 Å². The van der Waals surface area contributed by atoms with Crippen molar-refractivity contribution in [2.75, 3.05) is 7.11 Å². The van der Waals surface area contributed by atoms with Crippen LogP contribution in [-0.4, -0.2) is 16.9 Å². The van der Waals surface area contributed by atoms with Gasteiger partial charge in [-0.3, -0.25) is 0 Å². The molecule has 0 saturated carbocycles. The van der Waals surface area contributed by atoms with E-state index in [0.717, 1.165) is 0 Å². The van der Waals surface area contributed by atoms with E-state index < -0.39 is 5.82 Å². The van der Waals surface area contributed by atoms with Crippen molar-refractivity contribution in [1.82, 2.24) is 9.78 Å². The number of halogens is 1. The minimum absolute atomic E-state index is 0.141. The summed E-state index contributed by atoms with van der Waals surface area (Å²) in [4.78, 5) is 0. The lowest BCUT2D eigenvalue weighted by Crippen LogP contribution is -1.99. The van der Waals surface area contributed by atoms with Crippen LogP contribution in [0.3, 0.4) is 0 Å². The molecule has 1 heterocycles. The predicted octanol–water partition coefficient (Wildman–Crippen LogP) is 0.851. The van der Waals surface area contributed by atoms with Gasteiger partial charge in [0.05, 0.1) is 7.11 Å². The number of rotatable bonds is 2. The molecule has 0 N–H and O–H groups in total. The summed E-state index contributed by atoms with van der Waals surface area (Å²) in [7, 11) is 1.40. The monoisotopic (exact) mass is 143 g/mol. The van der Waals surface area contributed by atoms with Gasteiger partial charge in [0.1, 0.15) is 0 Å². The molecule has 0 aliphatic carbocycles. The fraction of sp³-hybridized carbons (Fsp3) is 0.500. The summed E-state index contributed by atoms with van der Waals surface area (Å²) >= 11 is 0. The molecule has 0 aliphatic rings. The summed E-state index contributed by atoms with van der Waals surface area (Å²) in [6.07, 6.45) is 2.16. The highest BCUT2D eigenvalue weighted by Gasteiger charge is 2.08. The van der Waals surface area contributed by atoms with Gasteiger partial charge < -0.3 is 4.74 Å². The van der Waals surface area contributed by atoms with Crippen molar-refractivity contribution in [3.63, 3.8) is 0 Å². The first kappa shape index (κ1) is 7.05. The van der Waals surface area contributed by atoms with Gasteiger partial charge in [0.25, 0.3) is 0 Å². The van der Waals surface area contributed by atoms with Gasteiger partial charge in [-0.1, -0.05) is 0 Å². The number of aryl methyl sites for hydroxylation is 1. The Morgan fingerprint density at radius 1 is 1.80 bits per heavy atom. The van der Waals surface area contributed by atoms with Crippen molar-refractivity contribution in [3.05, 3.63) is 12.0 Å². The van der Waals surface area contributed by atoms with Crippen LogP contribution in [0.4, 0.5) is 4.39 Å². The maximum Gasteiger partial charge on any atom is 0.249 e. The average molecular weight is 143 g/mol. The van der Waals surface area contributed by atoms with Crippen LogP contribution in [0.1, 0.15) is 6.92 Å². The SMILES string of the molecule is CCn1n[c]c(F)c1OC. The molecule has 0 amide bonds.